The summed E-state index contributed by atoms with van der Waals surface area (Å²) in [7, 11) is 0. The Bertz CT molecular complexity index is 329. The van der Waals surface area contributed by atoms with Crippen molar-refractivity contribution in [2.24, 2.45) is 11.5 Å². The Labute approximate surface area is 98.1 Å². The van der Waals surface area contributed by atoms with Crippen molar-refractivity contribution >= 4 is 23.6 Å². The van der Waals surface area contributed by atoms with Gasteiger partial charge in [-0.05, 0) is 6.92 Å². The number of hydrogen-bond donors (Lipinski definition) is 4. The SMILES string of the molecule is C[C@H](CNC(=O)CC(N)=O)NC(=O)CC(N)=O. The van der Waals surface area contributed by atoms with E-state index in [1.807, 2.05) is 0 Å². The molecule has 0 heterocycles. The summed E-state index contributed by atoms with van der Waals surface area (Å²) in [6, 6.07) is -0.376. The molecule has 0 unspecified atom stereocenters. The highest BCUT2D eigenvalue weighted by Gasteiger charge is 2.11. The van der Waals surface area contributed by atoms with Crippen molar-refractivity contribution in [3.63, 3.8) is 0 Å². The first-order chi connectivity index (χ1) is 7.81. The molecule has 0 aromatic heterocycles. The lowest BCUT2D eigenvalue weighted by molar-refractivity contribution is -0.130. The summed E-state index contributed by atoms with van der Waals surface area (Å²) in [5, 5.41) is 4.85. The maximum absolute atomic E-state index is 11.1. The largest absolute Gasteiger partial charge is 0.369 e. The van der Waals surface area contributed by atoms with Crippen molar-refractivity contribution in [3.8, 4) is 0 Å². The van der Waals surface area contributed by atoms with Gasteiger partial charge in [-0.2, -0.15) is 0 Å². The first-order valence-corrected chi connectivity index (χ1v) is 4.94. The summed E-state index contributed by atoms with van der Waals surface area (Å²) in [6.07, 6.45) is -0.804. The molecule has 0 aromatic rings. The van der Waals surface area contributed by atoms with Crippen LogP contribution in [0, 0.1) is 0 Å². The number of hydrogen-bond acceptors (Lipinski definition) is 4. The van der Waals surface area contributed by atoms with Crippen LogP contribution in [0.4, 0.5) is 0 Å². The number of nitrogens with one attached hydrogen (secondary N) is 2. The summed E-state index contributed by atoms with van der Waals surface area (Å²) < 4.78 is 0. The quantitative estimate of drug-likeness (QED) is 0.363. The van der Waals surface area contributed by atoms with E-state index in [0.29, 0.717) is 0 Å². The standard InChI is InChI=1S/C9H16N4O4/c1-5(13-9(17)3-7(11)15)4-12-8(16)2-6(10)14/h5H,2-4H2,1H3,(H2,10,14)(H2,11,15)(H,12,16)(H,13,17)/t5-/m1/s1. The molecule has 0 fully saturated rings. The van der Waals surface area contributed by atoms with Crippen LogP contribution in [-0.2, 0) is 19.2 Å². The van der Waals surface area contributed by atoms with Gasteiger partial charge in [0.15, 0.2) is 0 Å². The molecule has 0 aromatic carbocycles. The highest BCUT2D eigenvalue weighted by Crippen LogP contribution is 1.85. The van der Waals surface area contributed by atoms with E-state index in [2.05, 4.69) is 10.6 Å². The third kappa shape index (κ3) is 8.85. The molecule has 0 saturated heterocycles. The van der Waals surface area contributed by atoms with Crippen LogP contribution in [0.5, 0.6) is 0 Å². The van der Waals surface area contributed by atoms with Crippen LogP contribution in [0.25, 0.3) is 0 Å². The lowest BCUT2D eigenvalue weighted by Gasteiger charge is -2.13. The number of primary amides is 2. The first kappa shape index (κ1) is 14.9. The minimum Gasteiger partial charge on any atom is -0.369 e. The molecule has 1 atom stereocenters. The van der Waals surface area contributed by atoms with Gasteiger partial charge in [-0.25, -0.2) is 0 Å². The fourth-order valence-corrected chi connectivity index (χ4v) is 1.02. The Morgan fingerprint density at radius 3 is 1.94 bits per heavy atom. The van der Waals surface area contributed by atoms with Crippen molar-refractivity contribution in [2.75, 3.05) is 6.54 Å². The van der Waals surface area contributed by atoms with E-state index in [4.69, 9.17) is 11.5 Å². The van der Waals surface area contributed by atoms with Crippen LogP contribution < -0.4 is 22.1 Å². The zero-order valence-corrected chi connectivity index (χ0v) is 9.49. The molecule has 0 bridgehead atoms. The fraction of sp³-hybridized carbons (Fsp3) is 0.556. The van der Waals surface area contributed by atoms with Crippen LogP contribution in [-0.4, -0.2) is 36.2 Å². The van der Waals surface area contributed by atoms with Crippen LogP contribution >= 0.6 is 0 Å². The molecule has 0 rings (SSSR count). The predicted octanol–water partition coefficient (Wildman–Crippen LogP) is -2.64. The summed E-state index contributed by atoms with van der Waals surface area (Å²) >= 11 is 0. The van der Waals surface area contributed by atoms with Crippen LogP contribution in [0.1, 0.15) is 19.8 Å². The Balaban J connectivity index is 3.83. The first-order valence-electron chi connectivity index (χ1n) is 4.94. The van der Waals surface area contributed by atoms with Gasteiger partial charge in [0, 0.05) is 12.6 Å². The number of rotatable bonds is 7. The molecule has 8 heteroatoms. The van der Waals surface area contributed by atoms with E-state index in [1.54, 1.807) is 6.92 Å². The lowest BCUT2D eigenvalue weighted by atomic mass is 10.3. The third-order valence-electron chi connectivity index (χ3n) is 1.68. The molecule has 0 aliphatic rings. The molecule has 17 heavy (non-hydrogen) atoms. The summed E-state index contributed by atoms with van der Waals surface area (Å²) in [5.74, 6) is -2.50. The average Bonchev–Trinajstić information content (AvgIpc) is 2.12. The topological polar surface area (TPSA) is 144 Å². The van der Waals surface area contributed by atoms with E-state index in [0.717, 1.165) is 0 Å². The normalized spacial score (nSPS) is 11.4. The van der Waals surface area contributed by atoms with E-state index >= 15 is 0 Å². The molecule has 0 aliphatic carbocycles. The van der Waals surface area contributed by atoms with Gasteiger partial charge in [0.2, 0.25) is 23.6 Å². The van der Waals surface area contributed by atoms with E-state index in [1.165, 1.54) is 0 Å². The van der Waals surface area contributed by atoms with Crippen molar-refractivity contribution in [3.05, 3.63) is 0 Å². The van der Waals surface area contributed by atoms with Gasteiger partial charge in [0.05, 0.1) is 0 Å². The number of carbonyl (C=O) groups is 4. The summed E-state index contributed by atoms with van der Waals surface area (Å²) in [5.41, 5.74) is 9.64. The van der Waals surface area contributed by atoms with Crippen molar-refractivity contribution in [2.45, 2.75) is 25.8 Å². The minimum atomic E-state index is -0.729. The van der Waals surface area contributed by atoms with Gasteiger partial charge in [-0.15, -0.1) is 0 Å². The molecule has 8 nitrogen and oxygen atoms in total. The van der Waals surface area contributed by atoms with E-state index in [9.17, 15) is 19.2 Å². The van der Waals surface area contributed by atoms with Crippen molar-refractivity contribution in [1.82, 2.24) is 10.6 Å². The Morgan fingerprint density at radius 2 is 1.47 bits per heavy atom. The monoisotopic (exact) mass is 244 g/mol. The molecule has 6 N–H and O–H groups in total. The molecule has 0 radical (unpaired) electrons. The Morgan fingerprint density at radius 1 is 1.00 bits per heavy atom. The van der Waals surface area contributed by atoms with Gasteiger partial charge in [-0.1, -0.05) is 0 Å². The van der Waals surface area contributed by atoms with Gasteiger partial charge in [-0.3, -0.25) is 19.2 Å². The van der Waals surface area contributed by atoms with Crippen LogP contribution in [0.2, 0.25) is 0 Å². The second-order valence-corrected chi connectivity index (χ2v) is 3.56. The molecule has 96 valence electrons. The minimum absolute atomic E-state index is 0.136. The van der Waals surface area contributed by atoms with Crippen molar-refractivity contribution in [1.29, 1.82) is 0 Å². The second-order valence-electron chi connectivity index (χ2n) is 3.56. The average molecular weight is 244 g/mol. The van der Waals surface area contributed by atoms with Crippen LogP contribution in [0.15, 0.2) is 0 Å². The maximum Gasteiger partial charge on any atom is 0.229 e. The zero-order valence-electron chi connectivity index (χ0n) is 9.49. The predicted molar refractivity (Wildman–Crippen MR) is 58.2 cm³/mol. The van der Waals surface area contributed by atoms with Crippen LogP contribution in [0.3, 0.4) is 0 Å². The van der Waals surface area contributed by atoms with E-state index in [-0.39, 0.29) is 12.6 Å². The summed E-state index contributed by atoms with van der Waals surface area (Å²) in [4.78, 5) is 42.9. The number of nitrogens with two attached hydrogens (primary N) is 2. The fourth-order valence-electron chi connectivity index (χ4n) is 1.02. The smallest absolute Gasteiger partial charge is 0.229 e. The third-order valence-corrected chi connectivity index (χ3v) is 1.68. The van der Waals surface area contributed by atoms with Crippen molar-refractivity contribution < 1.29 is 19.2 Å². The molecular formula is C9H16N4O4. The lowest BCUT2D eigenvalue weighted by Crippen LogP contribution is -2.43. The number of amides is 4. The highest BCUT2D eigenvalue weighted by molar-refractivity contribution is 5.96. The Hall–Kier alpha value is -2.12. The number of carbonyl (C=O) groups excluding carboxylic acids is 4. The molecule has 0 spiro atoms. The molecule has 4 amide bonds. The zero-order chi connectivity index (χ0) is 13.4. The molecule has 0 aliphatic heterocycles. The molecular weight excluding hydrogens is 228 g/mol. The van der Waals surface area contributed by atoms with Gasteiger partial charge in [0.25, 0.3) is 0 Å². The van der Waals surface area contributed by atoms with Gasteiger partial charge in [0.1, 0.15) is 12.8 Å². The van der Waals surface area contributed by atoms with Gasteiger partial charge >= 0.3 is 0 Å². The second kappa shape index (κ2) is 7.20. The maximum atomic E-state index is 11.1. The van der Waals surface area contributed by atoms with E-state index < -0.39 is 36.5 Å². The molecule has 0 saturated carbocycles. The Kier molecular flexibility index (Phi) is 6.30. The highest BCUT2D eigenvalue weighted by atomic mass is 16.2. The summed E-state index contributed by atoms with van der Waals surface area (Å²) in [6.45, 7) is 1.76. The van der Waals surface area contributed by atoms with Gasteiger partial charge < -0.3 is 22.1 Å².